The average molecular weight is 366 g/mol. The molecule has 0 unspecified atom stereocenters. The molecule has 0 saturated carbocycles. The van der Waals surface area contributed by atoms with Gasteiger partial charge < -0.3 is 10.3 Å². The number of halogens is 1. The van der Waals surface area contributed by atoms with Gasteiger partial charge in [0.25, 0.3) is 0 Å². The van der Waals surface area contributed by atoms with Crippen LogP contribution in [0.25, 0.3) is 20.8 Å². The first-order valence-corrected chi connectivity index (χ1v) is 8.81. The molecular weight excluding hydrogens is 351 g/mol. The molecule has 3 heterocycles. The summed E-state index contributed by atoms with van der Waals surface area (Å²) in [5, 5.41) is 3.70. The largest absolute Gasteiger partial charge is 0.326 e. The second kappa shape index (κ2) is 6.34. The van der Waals surface area contributed by atoms with Gasteiger partial charge in [-0.3, -0.25) is 4.79 Å². The molecule has 4 rings (SSSR count). The summed E-state index contributed by atoms with van der Waals surface area (Å²) in [7, 11) is 0. The number of benzene rings is 1. The maximum atomic E-state index is 14.2. The Kier molecular flexibility index (Phi) is 4.00. The Bertz CT molecular complexity index is 1160. The molecule has 0 aliphatic carbocycles. The SMILES string of the molecule is Cc1cc(Nc2cc3nc(-c4c(C)cccc4F)sc3cn2)[nH]c(=O)c1. The molecule has 0 amide bonds. The average Bonchev–Trinajstić information content (AvgIpc) is 2.96. The van der Waals surface area contributed by atoms with E-state index < -0.39 is 0 Å². The van der Waals surface area contributed by atoms with E-state index >= 15 is 0 Å². The summed E-state index contributed by atoms with van der Waals surface area (Å²) in [6.45, 7) is 3.71. The van der Waals surface area contributed by atoms with Crippen LogP contribution in [0.5, 0.6) is 0 Å². The van der Waals surface area contributed by atoms with Gasteiger partial charge in [0.05, 0.1) is 10.2 Å². The van der Waals surface area contributed by atoms with Gasteiger partial charge in [-0.05, 0) is 37.1 Å². The maximum Gasteiger partial charge on any atom is 0.249 e. The van der Waals surface area contributed by atoms with Crippen LogP contribution >= 0.6 is 11.3 Å². The molecule has 130 valence electrons. The number of rotatable bonds is 3. The lowest BCUT2D eigenvalue weighted by molar-refractivity contribution is 0.630. The molecule has 4 aromatic rings. The minimum Gasteiger partial charge on any atom is -0.326 e. The second-order valence-electron chi connectivity index (χ2n) is 6.05. The number of aromatic amines is 1. The van der Waals surface area contributed by atoms with Gasteiger partial charge in [0.15, 0.2) is 0 Å². The lowest BCUT2D eigenvalue weighted by Crippen LogP contribution is -2.08. The Morgan fingerprint density at radius 3 is 2.81 bits per heavy atom. The number of nitrogens with zero attached hydrogens (tertiary/aromatic N) is 2. The van der Waals surface area contributed by atoms with E-state index in [-0.39, 0.29) is 11.4 Å². The molecule has 0 spiro atoms. The quantitative estimate of drug-likeness (QED) is 0.558. The van der Waals surface area contributed by atoms with Gasteiger partial charge in [0.1, 0.15) is 22.5 Å². The van der Waals surface area contributed by atoms with Gasteiger partial charge in [-0.2, -0.15) is 0 Å². The van der Waals surface area contributed by atoms with Gasteiger partial charge in [-0.15, -0.1) is 11.3 Å². The van der Waals surface area contributed by atoms with Crippen molar-refractivity contribution in [2.45, 2.75) is 13.8 Å². The number of anilines is 2. The van der Waals surface area contributed by atoms with E-state index in [4.69, 9.17) is 0 Å². The van der Waals surface area contributed by atoms with Crippen molar-refractivity contribution in [1.29, 1.82) is 0 Å². The van der Waals surface area contributed by atoms with Crippen LogP contribution in [0.2, 0.25) is 0 Å². The lowest BCUT2D eigenvalue weighted by atomic mass is 10.1. The maximum absolute atomic E-state index is 14.2. The third kappa shape index (κ3) is 3.09. The number of aryl methyl sites for hydroxylation is 2. The molecule has 0 saturated heterocycles. The van der Waals surface area contributed by atoms with Crippen LogP contribution < -0.4 is 10.9 Å². The van der Waals surface area contributed by atoms with Crippen molar-refractivity contribution in [3.8, 4) is 10.6 Å². The van der Waals surface area contributed by atoms with Crippen LogP contribution in [-0.2, 0) is 0 Å². The molecule has 0 radical (unpaired) electrons. The summed E-state index contributed by atoms with van der Waals surface area (Å²) in [6, 6.07) is 10.1. The Morgan fingerprint density at radius 1 is 1.19 bits per heavy atom. The molecule has 3 aromatic heterocycles. The second-order valence-corrected chi connectivity index (χ2v) is 7.08. The van der Waals surface area contributed by atoms with Crippen molar-refractivity contribution in [2.75, 3.05) is 5.32 Å². The topological polar surface area (TPSA) is 70.7 Å². The van der Waals surface area contributed by atoms with Crippen LogP contribution in [0.1, 0.15) is 11.1 Å². The smallest absolute Gasteiger partial charge is 0.249 e. The van der Waals surface area contributed by atoms with E-state index in [0.717, 1.165) is 21.3 Å². The van der Waals surface area contributed by atoms with E-state index in [1.165, 1.54) is 23.5 Å². The molecular formula is C19H15FN4OS. The van der Waals surface area contributed by atoms with Gasteiger partial charge in [-0.1, -0.05) is 12.1 Å². The predicted octanol–water partition coefficient (Wildman–Crippen LogP) is 4.55. The summed E-state index contributed by atoms with van der Waals surface area (Å²) in [6.07, 6.45) is 1.70. The number of hydrogen-bond donors (Lipinski definition) is 2. The van der Waals surface area contributed by atoms with Crippen molar-refractivity contribution < 1.29 is 4.39 Å². The molecule has 1 aromatic carbocycles. The molecule has 2 N–H and O–H groups in total. The summed E-state index contributed by atoms with van der Waals surface area (Å²) in [5.41, 5.74) is 2.75. The number of thiazole rings is 1. The Balaban J connectivity index is 1.73. The fourth-order valence-electron chi connectivity index (χ4n) is 2.80. The first kappa shape index (κ1) is 16.4. The monoisotopic (exact) mass is 366 g/mol. The zero-order valence-corrected chi connectivity index (χ0v) is 14.9. The first-order chi connectivity index (χ1) is 12.5. The summed E-state index contributed by atoms with van der Waals surface area (Å²) in [5.74, 6) is 0.829. The van der Waals surface area contributed by atoms with Gasteiger partial charge >= 0.3 is 0 Å². The highest BCUT2D eigenvalue weighted by Gasteiger charge is 2.14. The molecule has 7 heteroatoms. The highest BCUT2D eigenvalue weighted by atomic mass is 32.1. The molecule has 0 atom stereocenters. The van der Waals surface area contributed by atoms with Crippen molar-refractivity contribution in [2.24, 2.45) is 0 Å². The van der Waals surface area contributed by atoms with Crippen molar-refractivity contribution in [3.05, 3.63) is 69.9 Å². The zero-order chi connectivity index (χ0) is 18.3. The fourth-order valence-corrected chi connectivity index (χ4v) is 3.83. The van der Waals surface area contributed by atoms with Crippen LogP contribution in [0.3, 0.4) is 0 Å². The molecule has 0 aliphatic heterocycles. The van der Waals surface area contributed by atoms with Crippen LogP contribution in [0.15, 0.2) is 47.4 Å². The standard InChI is InChI=1S/C19H15FN4OS/c1-10-6-16(24-17(25)7-10)23-15-8-13-14(9-21-15)26-19(22-13)18-11(2)4-3-5-12(18)20/h3-9H,1-2H3,(H2,21,23,24,25). The molecule has 0 bridgehead atoms. The minimum atomic E-state index is -0.285. The summed E-state index contributed by atoms with van der Waals surface area (Å²) < 4.78 is 15.1. The Hall–Kier alpha value is -3.06. The van der Waals surface area contributed by atoms with Crippen molar-refractivity contribution in [1.82, 2.24) is 15.0 Å². The van der Waals surface area contributed by atoms with E-state index in [0.29, 0.717) is 22.2 Å². The number of aromatic nitrogens is 3. The number of hydrogen-bond acceptors (Lipinski definition) is 5. The lowest BCUT2D eigenvalue weighted by Gasteiger charge is -2.05. The molecule has 0 aliphatic rings. The number of fused-ring (bicyclic) bond motifs is 1. The highest BCUT2D eigenvalue weighted by molar-refractivity contribution is 7.21. The first-order valence-electron chi connectivity index (χ1n) is 8.00. The zero-order valence-electron chi connectivity index (χ0n) is 14.1. The van der Waals surface area contributed by atoms with E-state index in [1.807, 2.05) is 26.0 Å². The van der Waals surface area contributed by atoms with E-state index in [1.54, 1.807) is 18.3 Å². The van der Waals surface area contributed by atoms with Gasteiger partial charge in [0, 0.05) is 23.9 Å². The minimum absolute atomic E-state index is 0.181. The molecule has 26 heavy (non-hydrogen) atoms. The predicted molar refractivity (Wildman–Crippen MR) is 103 cm³/mol. The van der Waals surface area contributed by atoms with Crippen molar-refractivity contribution >= 4 is 33.2 Å². The molecule has 0 fully saturated rings. The fraction of sp³-hybridized carbons (Fsp3) is 0.105. The number of pyridine rings is 2. The number of nitrogens with one attached hydrogen (secondary N) is 2. The van der Waals surface area contributed by atoms with Crippen molar-refractivity contribution in [3.63, 3.8) is 0 Å². The molecule has 5 nitrogen and oxygen atoms in total. The Labute approximate surface area is 152 Å². The Morgan fingerprint density at radius 2 is 2.04 bits per heavy atom. The van der Waals surface area contributed by atoms with Crippen LogP contribution in [0.4, 0.5) is 16.0 Å². The number of H-pyrrole nitrogens is 1. The summed E-state index contributed by atoms with van der Waals surface area (Å²) >= 11 is 1.40. The van der Waals surface area contributed by atoms with Crippen LogP contribution in [-0.4, -0.2) is 15.0 Å². The highest BCUT2D eigenvalue weighted by Crippen LogP contribution is 2.34. The van der Waals surface area contributed by atoms with E-state index in [2.05, 4.69) is 20.3 Å². The van der Waals surface area contributed by atoms with Gasteiger partial charge in [0.2, 0.25) is 5.56 Å². The van der Waals surface area contributed by atoms with E-state index in [9.17, 15) is 9.18 Å². The third-order valence-corrected chi connectivity index (χ3v) is 4.99. The van der Waals surface area contributed by atoms with Crippen LogP contribution in [0, 0.1) is 19.7 Å². The van der Waals surface area contributed by atoms with Gasteiger partial charge in [-0.25, -0.2) is 14.4 Å². The third-order valence-electron chi connectivity index (χ3n) is 3.96. The normalized spacial score (nSPS) is 11.0. The summed E-state index contributed by atoms with van der Waals surface area (Å²) in [4.78, 5) is 23.2.